The van der Waals surface area contributed by atoms with E-state index in [1.165, 1.54) is 6.07 Å². The van der Waals surface area contributed by atoms with Gasteiger partial charge in [0.2, 0.25) is 0 Å². The highest BCUT2D eigenvalue weighted by Crippen LogP contribution is 2.31. The lowest BCUT2D eigenvalue weighted by molar-refractivity contribution is 0.0746. The number of nitrogens with zero attached hydrogens (tertiary/aromatic N) is 4. The lowest BCUT2D eigenvalue weighted by Gasteiger charge is -2.17. The van der Waals surface area contributed by atoms with Crippen LogP contribution in [-0.2, 0) is 13.1 Å². The molecule has 0 radical (unpaired) electrons. The van der Waals surface area contributed by atoms with Gasteiger partial charge >= 0.3 is 0 Å². The summed E-state index contributed by atoms with van der Waals surface area (Å²) in [6, 6.07) is 8.44. The number of hydrogen-bond donors (Lipinski definition) is 3. The van der Waals surface area contributed by atoms with E-state index in [0.717, 1.165) is 30.5 Å². The summed E-state index contributed by atoms with van der Waals surface area (Å²) < 4.78 is 0. The number of carbonyl (C=O) groups is 3. The number of hydrogen-bond acceptors (Lipinski definition) is 6. The van der Waals surface area contributed by atoms with Crippen LogP contribution in [0, 0.1) is 0 Å². The standard InChI is InChI=1S/C26H30N6O4/c1-30(2)10-7-27-24(34)16-5-6-17-14-32(15-18(17)11-16)25(35)20-12-19-21(13-22(20)33)28-29-23(19)26(36)31-8-3-4-9-31/h5-6,11-13,33H,3-4,7-10,14-15H2,1-2H3,(H,27,34)(H,28,29). The molecule has 10 nitrogen and oxygen atoms in total. The van der Waals surface area contributed by atoms with Crippen molar-refractivity contribution in [2.75, 3.05) is 40.3 Å². The molecule has 0 saturated carbocycles. The van der Waals surface area contributed by atoms with Gasteiger partial charge in [0, 0.05) is 56.3 Å². The number of carbonyl (C=O) groups excluding carboxylic acids is 3. The van der Waals surface area contributed by atoms with Gasteiger partial charge in [0.25, 0.3) is 17.7 Å². The van der Waals surface area contributed by atoms with E-state index in [-0.39, 0.29) is 34.7 Å². The van der Waals surface area contributed by atoms with Crippen LogP contribution >= 0.6 is 0 Å². The van der Waals surface area contributed by atoms with Gasteiger partial charge in [0.05, 0.1) is 11.1 Å². The minimum absolute atomic E-state index is 0.119. The third-order valence-corrected chi connectivity index (χ3v) is 6.83. The third-order valence-electron chi connectivity index (χ3n) is 6.83. The second kappa shape index (κ2) is 9.62. The van der Waals surface area contributed by atoms with Crippen molar-refractivity contribution >= 4 is 28.6 Å². The van der Waals surface area contributed by atoms with Crippen LogP contribution in [0.5, 0.6) is 5.75 Å². The molecule has 3 amide bonds. The molecular formula is C26H30N6O4. The molecule has 1 aromatic heterocycles. The molecule has 0 spiro atoms. The Hall–Kier alpha value is -3.92. The molecule has 36 heavy (non-hydrogen) atoms. The summed E-state index contributed by atoms with van der Waals surface area (Å²) in [6.45, 7) is 3.38. The summed E-state index contributed by atoms with van der Waals surface area (Å²) in [4.78, 5) is 44.2. The molecule has 10 heteroatoms. The lowest BCUT2D eigenvalue weighted by atomic mass is 10.1. The van der Waals surface area contributed by atoms with Crippen LogP contribution in [0.3, 0.4) is 0 Å². The Morgan fingerprint density at radius 1 is 1.03 bits per heavy atom. The number of benzene rings is 2. The Labute approximate surface area is 208 Å². The smallest absolute Gasteiger partial charge is 0.274 e. The molecule has 3 N–H and O–H groups in total. The number of aromatic amines is 1. The molecule has 2 aliphatic rings. The number of amides is 3. The number of likely N-dealkylation sites (N-methyl/N-ethyl adjacent to an activating group) is 1. The Morgan fingerprint density at radius 2 is 1.78 bits per heavy atom. The summed E-state index contributed by atoms with van der Waals surface area (Å²) in [5.74, 6) is -0.841. The maximum atomic E-state index is 13.4. The minimum Gasteiger partial charge on any atom is -0.507 e. The number of aromatic hydroxyl groups is 1. The maximum Gasteiger partial charge on any atom is 0.274 e. The van der Waals surface area contributed by atoms with E-state index in [2.05, 4.69) is 15.5 Å². The second-order valence-electron chi connectivity index (χ2n) is 9.69. The monoisotopic (exact) mass is 490 g/mol. The molecule has 1 fully saturated rings. The highest BCUT2D eigenvalue weighted by molar-refractivity contribution is 6.08. The Balaban J connectivity index is 1.34. The summed E-state index contributed by atoms with van der Waals surface area (Å²) in [7, 11) is 3.89. The van der Waals surface area contributed by atoms with Crippen molar-refractivity contribution in [2.24, 2.45) is 0 Å². The first kappa shape index (κ1) is 23.8. The number of phenols is 1. The van der Waals surface area contributed by atoms with Crippen LogP contribution in [-0.4, -0.2) is 88.0 Å². The first-order valence-corrected chi connectivity index (χ1v) is 12.2. The van der Waals surface area contributed by atoms with E-state index in [9.17, 15) is 19.5 Å². The van der Waals surface area contributed by atoms with E-state index in [1.807, 2.05) is 31.1 Å². The zero-order chi connectivity index (χ0) is 25.4. The van der Waals surface area contributed by atoms with Crippen molar-refractivity contribution in [1.29, 1.82) is 0 Å². The molecule has 2 aromatic carbocycles. The summed E-state index contributed by atoms with van der Waals surface area (Å²) in [5.41, 5.74) is 3.29. The van der Waals surface area contributed by atoms with Gasteiger partial charge < -0.3 is 25.1 Å². The highest BCUT2D eigenvalue weighted by Gasteiger charge is 2.29. The lowest BCUT2D eigenvalue weighted by Crippen LogP contribution is -2.31. The summed E-state index contributed by atoms with van der Waals surface area (Å²) in [5, 5.41) is 21.0. The van der Waals surface area contributed by atoms with E-state index < -0.39 is 0 Å². The number of fused-ring (bicyclic) bond motifs is 2. The maximum absolute atomic E-state index is 13.4. The number of rotatable bonds is 6. The van der Waals surface area contributed by atoms with E-state index in [4.69, 9.17) is 0 Å². The Morgan fingerprint density at radius 3 is 2.53 bits per heavy atom. The van der Waals surface area contributed by atoms with Gasteiger partial charge in [-0.2, -0.15) is 5.10 Å². The predicted molar refractivity (Wildman–Crippen MR) is 134 cm³/mol. The van der Waals surface area contributed by atoms with Crippen molar-refractivity contribution in [3.8, 4) is 5.75 Å². The highest BCUT2D eigenvalue weighted by atomic mass is 16.3. The fourth-order valence-electron chi connectivity index (χ4n) is 4.80. The molecule has 0 unspecified atom stereocenters. The van der Waals surface area contributed by atoms with Crippen molar-refractivity contribution in [3.05, 3.63) is 58.3 Å². The van der Waals surface area contributed by atoms with Crippen LogP contribution in [0.4, 0.5) is 0 Å². The van der Waals surface area contributed by atoms with Gasteiger partial charge in [-0.3, -0.25) is 19.5 Å². The van der Waals surface area contributed by atoms with Crippen molar-refractivity contribution in [1.82, 2.24) is 30.2 Å². The number of nitrogens with one attached hydrogen (secondary N) is 2. The van der Waals surface area contributed by atoms with Gasteiger partial charge in [0.15, 0.2) is 5.69 Å². The molecule has 0 atom stereocenters. The predicted octanol–water partition coefficient (Wildman–Crippen LogP) is 1.95. The molecule has 5 rings (SSSR count). The van der Waals surface area contributed by atoms with E-state index in [1.54, 1.807) is 21.9 Å². The van der Waals surface area contributed by atoms with Gasteiger partial charge in [-0.05, 0) is 56.3 Å². The van der Waals surface area contributed by atoms with Crippen molar-refractivity contribution in [2.45, 2.75) is 25.9 Å². The largest absolute Gasteiger partial charge is 0.507 e. The minimum atomic E-state index is -0.344. The average molecular weight is 491 g/mol. The second-order valence-corrected chi connectivity index (χ2v) is 9.69. The van der Waals surface area contributed by atoms with Crippen molar-refractivity contribution < 1.29 is 19.5 Å². The number of likely N-dealkylation sites (tertiary alicyclic amines) is 1. The van der Waals surface area contributed by atoms with Gasteiger partial charge in [-0.25, -0.2) is 0 Å². The Bertz CT molecular complexity index is 1340. The molecule has 188 valence electrons. The normalized spacial score (nSPS) is 15.1. The number of phenolic OH excluding ortho intramolecular Hbond substituents is 1. The molecule has 2 aliphatic heterocycles. The van der Waals surface area contributed by atoms with Crippen LogP contribution in [0.2, 0.25) is 0 Å². The van der Waals surface area contributed by atoms with Gasteiger partial charge in [-0.1, -0.05) is 6.07 Å². The van der Waals surface area contributed by atoms with Crippen LogP contribution in [0.15, 0.2) is 30.3 Å². The number of H-pyrrole nitrogens is 1. The summed E-state index contributed by atoms with van der Waals surface area (Å²) in [6.07, 6.45) is 1.93. The molecule has 3 heterocycles. The van der Waals surface area contributed by atoms with Crippen LogP contribution in [0.1, 0.15) is 55.2 Å². The molecule has 1 saturated heterocycles. The van der Waals surface area contributed by atoms with Gasteiger partial charge in [0.1, 0.15) is 5.75 Å². The molecule has 0 bridgehead atoms. The molecule has 0 aliphatic carbocycles. The molecular weight excluding hydrogens is 460 g/mol. The Kier molecular flexibility index (Phi) is 6.36. The SMILES string of the molecule is CN(C)CCNC(=O)c1ccc2c(c1)CN(C(=O)c1cc3c(C(=O)N4CCCC4)n[nH]c3cc1O)C2. The average Bonchev–Trinajstić information content (AvgIpc) is 3.61. The fraction of sp³-hybridized carbons (Fsp3) is 0.385. The molecule has 3 aromatic rings. The quantitative estimate of drug-likeness (QED) is 0.486. The third kappa shape index (κ3) is 4.51. The fourth-order valence-corrected chi connectivity index (χ4v) is 4.80. The van der Waals surface area contributed by atoms with E-state index >= 15 is 0 Å². The first-order valence-electron chi connectivity index (χ1n) is 12.2. The van der Waals surface area contributed by atoms with Crippen molar-refractivity contribution in [3.63, 3.8) is 0 Å². The number of aromatic nitrogens is 2. The first-order chi connectivity index (χ1) is 17.3. The van der Waals surface area contributed by atoms with Crippen LogP contribution < -0.4 is 5.32 Å². The van der Waals surface area contributed by atoms with Gasteiger partial charge in [-0.15, -0.1) is 0 Å². The topological polar surface area (TPSA) is 122 Å². The van der Waals surface area contributed by atoms with Crippen LogP contribution in [0.25, 0.3) is 10.9 Å². The zero-order valence-electron chi connectivity index (χ0n) is 20.5. The summed E-state index contributed by atoms with van der Waals surface area (Å²) >= 11 is 0. The zero-order valence-corrected chi connectivity index (χ0v) is 20.5. The van der Waals surface area contributed by atoms with E-state index in [0.29, 0.717) is 49.2 Å².